The highest BCUT2D eigenvalue weighted by Crippen LogP contribution is 2.22. The maximum absolute atomic E-state index is 11.3. The van der Waals surface area contributed by atoms with E-state index in [0.717, 1.165) is 9.37 Å². The molecule has 2 nitrogen and oxygen atoms in total. The molecule has 0 aromatic heterocycles. The van der Waals surface area contributed by atoms with Crippen LogP contribution in [0.15, 0.2) is 33.6 Å². The third-order valence-corrected chi connectivity index (χ3v) is 2.96. The largest absolute Gasteiger partial charge is 0.339 e. The molecule has 0 radical (unpaired) electrons. The standard InChI is InChI=1S/C9H10BrNOS/c1-11(2)9(12)13-8-5-3-7(10)4-6-8/h3-6H,1-2H3. The van der Waals surface area contributed by atoms with Gasteiger partial charge in [-0.3, -0.25) is 4.79 Å². The van der Waals surface area contributed by atoms with Crippen molar-refractivity contribution in [1.29, 1.82) is 0 Å². The second kappa shape index (κ2) is 4.67. The molecule has 0 heterocycles. The first-order valence-corrected chi connectivity index (χ1v) is 5.35. The maximum Gasteiger partial charge on any atom is 0.285 e. The minimum Gasteiger partial charge on any atom is -0.339 e. The number of thioether (sulfide) groups is 1. The fourth-order valence-corrected chi connectivity index (χ4v) is 1.62. The molecular formula is C9H10BrNOS. The van der Waals surface area contributed by atoms with Crippen molar-refractivity contribution in [2.45, 2.75) is 4.90 Å². The Morgan fingerprint density at radius 3 is 2.31 bits per heavy atom. The summed E-state index contributed by atoms with van der Waals surface area (Å²) in [5, 5.41) is 0.0438. The summed E-state index contributed by atoms with van der Waals surface area (Å²) >= 11 is 4.56. The zero-order valence-corrected chi connectivity index (χ0v) is 9.85. The molecule has 0 bridgehead atoms. The van der Waals surface area contributed by atoms with Crippen molar-refractivity contribution in [3.63, 3.8) is 0 Å². The highest BCUT2D eigenvalue weighted by molar-refractivity contribution is 9.10. The number of carbonyl (C=O) groups excluding carboxylic acids is 1. The van der Waals surface area contributed by atoms with Crippen molar-refractivity contribution in [2.75, 3.05) is 14.1 Å². The topological polar surface area (TPSA) is 20.3 Å². The van der Waals surface area contributed by atoms with Crippen LogP contribution in [0.5, 0.6) is 0 Å². The molecule has 0 aliphatic heterocycles. The van der Waals surface area contributed by atoms with Crippen LogP contribution in [0.1, 0.15) is 0 Å². The molecular weight excluding hydrogens is 250 g/mol. The first kappa shape index (κ1) is 10.6. The van der Waals surface area contributed by atoms with Crippen LogP contribution in [0.4, 0.5) is 4.79 Å². The van der Waals surface area contributed by atoms with Crippen LogP contribution in [0.25, 0.3) is 0 Å². The fourth-order valence-electron chi connectivity index (χ4n) is 0.695. The van der Waals surface area contributed by atoms with Crippen LogP contribution in [0.3, 0.4) is 0 Å². The number of hydrogen-bond donors (Lipinski definition) is 0. The molecule has 0 saturated carbocycles. The van der Waals surface area contributed by atoms with Gasteiger partial charge in [0, 0.05) is 23.5 Å². The number of nitrogens with zero attached hydrogens (tertiary/aromatic N) is 1. The third kappa shape index (κ3) is 3.40. The maximum atomic E-state index is 11.3. The Kier molecular flexibility index (Phi) is 3.81. The number of carbonyl (C=O) groups is 1. The quantitative estimate of drug-likeness (QED) is 0.722. The van der Waals surface area contributed by atoms with Gasteiger partial charge in [-0.05, 0) is 36.0 Å². The van der Waals surface area contributed by atoms with Gasteiger partial charge in [0.1, 0.15) is 0 Å². The summed E-state index contributed by atoms with van der Waals surface area (Å²) in [7, 11) is 3.49. The average molecular weight is 260 g/mol. The van der Waals surface area contributed by atoms with Gasteiger partial charge in [0.2, 0.25) is 0 Å². The smallest absolute Gasteiger partial charge is 0.285 e. The highest BCUT2D eigenvalue weighted by Gasteiger charge is 2.05. The molecule has 0 unspecified atom stereocenters. The van der Waals surface area contributed by atoms with Crippen molar-refractivity contribution in [1.82, 2.24) is 4.90 Å². The molecule has 0 aliphatic rings. The second-order valence-electron chi connectivity index (χ2n) is 2.72. The monoisotopic (exact) mass is 259 g/mol. The van der Waals surface area contributed by atoms with E-state index in [9.17, 15) is 4.79 Å². The van der Waals surface area contributed by atoms with Crippen LogP contribution in [0, 0.1) is 0 Å². The zero-order valence-electron chi connectivity index (χ0n) is 7.45. The van der Waals surface area contributed by atoms with Gasteiger partial charge in [-0.2, -0.15) is 0 Å². The molecule has 1 aromatic carbocycles. The lowest BCUT2D eigenvalue weighted by Crippen LogP contribution is -2.15. The van der Waals surface area contributed by atoms with E-state index >= 15 is 0 Å². The third-order valence-electron chi connectivity index (χ3n) is 1.38. The summed E-state index contributed by atoms with van der Waals surface area (Å²) in [4.78, 5) is 13.8. The molecule has 0 spiro atoms. The van der Waals surface area contributed by atoms with E-state index in [1.807, 2.05) is 24.3 Å². The predicted octanol–water partition coefficient (Wildman–Crippen LogP) is 3.22. The van der Waals surface area contributed by atoms with Gasteiger partial charge in [0.25, 0.3) is 5.24 Å². The molecule has 70 valence electrons. The second-order valence-corrected chi connectivity index (χ2v) is 4.66. The van der Waals surface area contributed by atoms with Gasteiger partial charge in [0.15, 0.2) is 0 Å². The van der Waals surface area contributed by atoms with E-state index in [-0.39, 0.29) is 5.24 Å². The summed E-state index contributed by atoms with van der Waals surface area (Å²) in [5.41, 5.74) is 0. The Morgan fingerprint density at radius 1 is 1.31 bits per heavy atom. The molecule has 4 heteroatoms. The highest BCUT2D eigenvalue weighted by atomic mass is 79.9. The molecule has 0 atom stereocenters. The summed E-state index contributed by atoms with van der Waals surface area (Å²) in [6, 6.07) is 7.67. The van der Waals surface area contributed by atoms with Gasteiger partial charge in [-0.1, -0.05) is 15.9 Å². The average Bonchev–Trinajstić information content (AvgIpc) is 2.08. The van der Waals surface area contributed by atoms with Crippen LogP contribution in [0.2, 0.25) is 0 Å². The van der Waals surface area contributed by atoms with Crippen molar-refractivity contribution in [2.24, 2.45) is 0 Å². The van der Waals surface area contributed by atoms with E-state index in [0.29, 0.717) is 0 Å². The molecule has 0 fully saturated rings. The molecule has 0 aliphatic carbocycles. The van der Waals surface area contributed by atoms with Gasteiger partial charge < -0.3 is 4.90 Å². The van der Waals surface area contributed by atoms with Crippen LogP contribution < -0.4 is 0 Å². The first-order chi connectivity index (χ1) is 6.09. The van der Waals surface area contributed by atoms with Crippen LogP contribution >= 0.6 is 27.7 Å². The Balaban J connectivity index is 2.65. The molecule has 13 heavy (non-hydrogen) atoms. The van der Waals surface area contributed by atoms with Crippen molar-refractivity contribution >= 4 is 32.9 Å². The number of halogens is 1. The Morgan fingerprint density at radius 2 is 1.85 bits per heavy atom. The predicted molar refractivity (Wildman–Crippen MR) is 59.1 cm³/mol. The van der Waals surface area contributed by atoms with E-state index in [2.05, 4.69) is 15.9 Å². The summed E-state index contributed by atoms with van der Waals surface area (Å²) in [5.74, 6) is 0. The van der Waals surface area contributed by atoms with E-state index < -0.39 is 0 Å². The Bertz CT molecular complexity index is 297. The Hall–Kier alpha value is -0.480. The van der Waals surface area contributed by atoms with Crippen molar-refractivity contribution in [3.8, 4) is 0 Å². The van der Waals surface area contributed by atoms with Gasteiger partial charge in [-0.25, -0.2) is 0 Å². The summed E-state index contributed by atoms with van der Waals surface area (Å²) in [6.07, 6.45) is 0. The summed E-state index contributed by atoms with van der Waals surface area (Å²) in [6.45, 7) is 0. The minimum atomic E-state index is 0.0438. The number of rotatable bonds is 1. The lowest BCUT2D eigenvalue weighted by Gasteiger charge is -2.08. The molecule has 1 rings (SSSR count). The molecule has 0 N–H and O–H groups in total. The SMILES string of the molecule is CN(C)C(=O)Sc1ccc(Br)cc1. The van der Waals surface area contributed by atoms with E-state index in [1.165, 1.54) is 11.8 Å². The van der Waals surface area contributed by atoms with Crippen molar-refractivity contribution in [3.05, 3.63) is 28.7 Å². The van der Waals surface area contributed by atoms with Gasteiger partial charge >= 0.3 is 0 Å². The lowest BCUT2D eigenvalue weighted by molar-refractivity contribution is 0.241. The van der Waals surface area contributed by atoms with E-state index in [4.69, 9.17) is 0 Å². The minimum absolute atomic E-state index is 0.0438. The number of hydrogen-bond acceptors (Lipinski definition) is 2. The Labute approximate surface area is 90.4 Å². The normalized spacial score (nSPS) is 9.77. The van der Waals surface area contributed by atoms with E-state index in [1.54, 1.807) is 19.0 Å². The van der Waals surface area contributed by atoms with Gasteiger partial charge in [0.05, 0.1) is 0 Å². The molecule has 1 aromatic rings. The fraction of sp³-hybridized carbons (Fsp3) is 0.222. The summed E-state index contributed by atoms with van der Waals surface area (Å²) < 4.78 is 1.02. The number of benzene rings is 1. The van der Waals surface area contributed by atoms with Crippen LogP contribution in [-0.2, 0) is 0 Å². The molecule has 1 amide bonds. The van der Waals surface area contributed by atoms with Crippen LogP contribution in [-0.4, -0.2) is 24.2 Å². The first-order valence-electron chi connectivity index (χ1n) is 3.74. The zero-order chi connectivity index (χ0) is 9.84. The number of amides is 1. The van der Waals surface area contributed by atoms with Gasteiger partial charge in [-0.15, -0.1) is 0 Å². The van der Waals surface area contributed by atoms with Crippen molar-refractivity contribution < 1.29 is 4.79 Å². The molecule has 0 saturated heterocycles. The lowest BCUT2D eigenvalue weighted by atomic mass is 10.4.